The highest BCUT2D eigenvalue weighted by Gasteiger charge is 2.45. The second kappa shape index (κ2) is 6.04. The molecule has 3 aliphatic heterocycles. The van der Waals surface area contributed by atoms with Crippen molar-refractivity contribution in [1.29, 1.82) is 0 Å². The monoisotopic (exact) mass is 359 g/mol. The summed E-state index contributed by atoms with van der Waals surface area (Å²) in [6.45, 7) is 2.15. The van der Waals surface area contributed by atoms with Gasteiger partial charge in [0.15, 0.2) is 5.82 Å². The van der Waals surface area contributed by atoms with Crippen molar-refractivity contribution in [3.05, 3.63) is 11.7 Å². The quantitative estimate of drug-likeness (QED) is 0.789. The van der Waals surface area contributed by atoms with E-state index in [9.17, 15) is 9.59 Å². The number of amides is 2. The van der Waals surface area contributed by atoms with Gasteiger partial charge >= 0.3 is 0 Å². The Bertz CT molecular complexity index is 716. The molecule has 0 N–H and O–H groups in total. The molecule has 0 aromatic carbocycles. The summed E-state index contributed by atoms with van der Waals surface area (Å²) in [5, 5.41) is 4.11. The van der Waals surface area contributed by atoms with Crippen LogP contribution in [0.2, 0.25) is 0 Å². The first kappa shape index (κ1) is 16.2. The molecule has 8 nitrogen and oxygen atoms in total. The zero-order valence-corrected chi connectivity index (χ0v) is 15.1. The minimum Gasteiger partial charge on any atom is -0.338 e. The van der Waals surface area contributed by atoms with Gasteiger partial charge in [-0.15, -0.1) is 0 Å². The molecule has 2 amide bonds. The fraction of sp³-hybridized carbons (Fsp3) is 0.778. The molecule has 2 bridgehead atoms. The van der Waals surface area contributed by atoms with E-state index in [1.165, 1.54) is 12.8 Å². The van der Waals surface area contributed by atoms with Crippen molar-refractivity contribution in [2.75, 3.05) is 20.1 Å². The van der Waals surface area contributed by atoms with E-state index in [4.69, 9.17) is 4.52 Å². The zero-order valence-electron chi connectivity index (χ0n) is 15.1. The second-order valence-corrected chi connectivity index (χ2v) is 8.18. The number of aromatic nitrogens is 2. The van der Waals surface area contributed by atoms with Gasteiger partial charge in [0.25, 0.3) is 0 Å². The Kier molecular flexibility index (Phi) is 3.77. The second-order valence-electron chi connectivity index (χ2n) is 8.18. The molecule has 4 fully saturated rings. The average molecular weight is 359 g/mol. The third kappa shape index (κ3) is 2.71. The summed E-state index contributed by atoms with van der Waals surface area (Å²) >= 11 is 0. The number of nitrogens with zero attached hydrogens (tertiary/aromatic N) is 5. The fourth-order valence-electron chi connectivity index (χ4n) is 4.73. The average Bonchev–Trinajstić information content (AvgIpc) is 3.24. The van der Waals surface area contributed by atoms with Crippen molar-refractivity contribution in [2.45, 2.75) is 69.1 Å². The molecule has 26 heavy (non-hydrogen) atoms. The van der Waals surface area contributed by atoms with Gasteiger partial charge in [-0.25, -0.2) is 0 Å². The first-order valence-electron chi connectivity index (χ1n) is 9.73. The number of carbonyl (C=O) groups is 2. The van der Waals surface area contributed by atoms with Crippen LogP contribution in [0.1, 0.15) is 56.2 Å². The van der Waals surface area contributed by atoms with Crippen LogP contribution in [0.5, 0.6) is 0 Å². The van der Waals surface area contributed by atoms with Gasteiger partial charge < -0.3 is 14.3 Å². The van der Waals surface area contributed by atoms with Crippen LogP contribution in [0.3, 0.4) is 0 Å². The number of likely N-dealkylation sites (N-methyl/N-ethyl adjacent to an activating group) is 1. The SMILES string of the molecule is CN1C(=O)CC[C@H]1C(=O)N1CC2CCC(C1)N2Cc1nc(C2CC2)no1. The lowest BCUT2D eigenvalue weighted by atomic mass is 10.1. The van der Waals surface area contributed by atoms with Crippen molar-refractivity contribution in [1.82, 2.24) is 24.8 Å². The predicted octanol–water partition coefficient (Wildman–Crippen LogP) is 0.743. The summed E-state index contributed by atoms with van der Waals surface area (Å²) in [5.74, 6) is 2.25. The molecular weight excluding hydrogens is 334 g/mol. The molecule has 4 aliphatic rings. The molecule has 4 heterocycles. The van der Waals surface area contributed by atoms with Crippen molar-refractivity contribution in [3.63, 3.8) is 0 Å². The molecule has 1 aromatic rings. The van der Waals surface area contributed by atoms with E-state index in [0.717, 1.165) is 31.8 Å². The van der Waals surface area contributed by atoms with Crippen molar-refractivity contribution >= 4 is 11.8 Å². The summed E-state index contributed by atoms with van der Waals surface area (Å²) in [5.41, 5.74) is 0. The Balaban J connectivity index is 1.24. The molecule has 0 radical (unpaired) electrons. The Morgan fingerprint density at radius 2 is 1.88 bits per heavy atom. The summed E-state index contributed by atoms with van der Waals surface area (Å²) in [4.78, 5) is 35.2. The van der Waals surface area contributed by atoms with Gasteiger partial charge in [-0.2, -0.15) is 4.98 Å². The molecule has 1 aromatic heterocycles. The van der Waals surface area contributed by atoms with Gasteiger partial charge in [-0.3, -0.25) is 14.5 Å². The fourth-order valence-corrected chi connectivity index (χ4v) is 4.73. The predicted molar refractivity (Wildman–Crippen MR) is 91.0 cm³/mol. The maximum absolute atomic E-state index is 12.9. The molecule has 3 saturated heterocycles. The van der Waals surface area contributed by atoms with Crippen LogP contribution in [0.15, 0.2) is 4.52 Å². The van der Waals surface area contributed by atoms with Gasteiger partial charge in [0.05, 0.1) is 6.54 Å². The van der Waals surface area contributed by atoms with Crippen LogP contribution in [0, 0.1) is 0 Å². The van der Waals surface area contributed by atoms with Crippen LogP contribution in [0.4, 0.5) is 0 Å². The number of piperazine rings is 1. The number of hydrogen-bond acceptors (Lipinski definition) is 6. The number of fused-ring (bicyclic) bond motifs is 2. The van der Waals surface area contributed by atoms with Gasteiger partial charge in [0.2, 0.25) is 17.7 Å². The highest BCUT2D eigenvalue weighted by atomic mass is 16.5. The molecule has 0 spiro atoms. The third-order valence-corrected chi connectivity index (χ3v) is 6.47. The Morgan fingerprint density at radius 3 is 2.50 bits per heavy atom. The van der Waals surface area contributed by atoms with Crippen LogP contribution < -0.4 is 0 Å². The van der Waals surface area contributed by atoms with Crippen LogP contribution >= 0.6 is 0 Å². The van der Waals surface area contributed by atoms with Gasteiger partial charge in [0.1, 0.15) is 6.04 Å². The first-order valence-corrected chi connectivity index (χ1v) is 9.73. The summed E-state index contributed by atoms with van der Waals surface area (Å²) in [6, 6.07) is 0.415. The lowest BCUT2D eigenvalue weighted by Crippen LogP contribution is -2.57. The summed E-state index contributed by atoms with van der Waals surface area (Å²) in [7, 11) is 1.75. The smallest absolute Gasteiger partial charge is 0.245 e. The maximum atomic E-state index is 12.9. The Morgan fingerprint density at radius 1 is 1.15 bits per heavy atom. The van der Waals surface area contributed by atoms with E-state index in [2.05, 4.69) is 15.0 Å². The minimum absolute atomic E-state index is 0.0767. The maximum Gasteiger partial charge on any atom is 0.245 e. The molecular formula is C18H25N5O3. The van der Waals surface area contributed by atoms with Crippen molar-refractivity contribution in [2.24, 2.45) is 0 Å². The molecule has 140 valence electrons. The van der Waals surface area contributed by atoms with Crippen molar-refractivity contribution in [3.8, 4) is 0 Å². The lowest BCUT2D eigenvalue weighted by molar-refractivity contribution is -0.143. The van der Waals surface area contributed by atoms with Gasteiger partial charge in [-0.05, 0) is 32.1 Å². The van der Waals surface area contributed by atoms with E-state index in [1.54, 1.807) is 11.9 Å². The molecule has 5 rings (SSSR count). The Labute approximate surface area is 152 Å². The third-order valence-electron chi connectivity index (χ3n) is 6.47. The zero-order chi connectivity index (χ0) is 17.8. The topological polar surface area (TPSA) is 82.8 Å². The van der Waals surface area contributed by atoms with E-state index in [-0.39, 0.29) is 17.9 Å². The minimum atomic E-state index is -0.273. The molecule has 1 aliphatic carbocycles. The van der Waals surface area contributed by atoms with Gasteiger partial charge in [-0.1, -0.05) is 5.16 Å². The number of likely N-dealkylation sites (tertiary alicyclic amines) is 2. The summed E-state index contributed by atoms with van der Waals surface area (Å²) in [6.07, 6.45) is 5.66. The van der Waals surface area contributed by atoms with E-state index in [1.807, 2.05) is 4.90 Å². The van der Waals surface area contributed by atoms with Crippen LogP contribution in [-0.4, -0.2) is 74.9 Å². The Hall–Kier alpha value is -1.96. The van der Waals surface area contributed by atoms with Gasteiger partial charge in [0, 0.05) is 44.6 Å². The van der Waals surface area contributed by atoms with E-state index in [0.29, 0.717) is 43.3 Å². The highest BCUT2D eigenvalue weighted by molar-refractivity contribution is 5.90. The van der Waals surface area contributed by atoms with Crippen LogP contribution in [0.25, 0.3) is 0 Å². The largest absolute Gasteiger partial charge is 0.338 e. The molecule has 8 heteroatoms. The number of hydrogen-bond donors (Lipinski definition) is 0. The van der Waals surface area contributed by atoms with E-state index < -0.39 is 0 Å². The lowest BCUT2D eigenvalue weighted by Gasteiger charge is -2.41. The summed E-state index contributed by atoms with van der Waals surface area (Å²) < 4.78 is 5.45. The van der Waals surface area contributed by atoms with Crippen molar-refractivity contribution < 1.29 is 14.1 Å². The molecule has 3 atom stereocenters. The standard InChI is InChI=1S/C18H25N5O3/c1-21-14(6-7-16(21)24)18(25)22-8-12-4-5-13(9-22)23(12)10-15-19-17(20-26-15)11-2-3-11/h11-14H,2-10H2,1H3/t12?,13?,14-/m0/s1. The number of rotatable bonds is 4. The number of carbonyl (C=O) groups excluding carboxylic acids is 2. The molecule has 1 saturated carbocycles. The molecule has 2 unspecified atom stereocenters. The first-order chi connectivity index (χ1) is 12.6. The normalized spacial score (nSPS) is 31.9. The van der Waals surface area contributed by atoms with Crippen LogP contribution in [-0.2, 0) is 16.1 Å². The highest BCUT2D eigenvalue weighted by Crippen LogP contribution is 2.38. The van der Waals surface area contributed by atoms with E-state index >= 15 is 0 Å².